The molecule has 0 aromatic heterocycles. The molecule has 0 aromatic carbocycles. The monoisotopic (exact) mass is 221 g/mol. The van der Waals surface area contributed by atoms with Gasteiger partial charge < -0.3 is 10.5 Å². The Labute approximate surface area is 93.5 Å². The van der Waals surface area contributed by atoms with Crippen LogP contribution in [0.4, 0.5) is 0 Å². The average Bonchev–Trinajstić information content (AvgIpc) is 2.24. The first-order valence-corrected chi connectivity index (χ1v) is 5.94. The third-order valence-corrected chi connectivity index (χ3v) is 6.23. The summed E-state index contributed by atoms with van der Waals surface area (Å²) >= 11 is 0. The number of rotatable bonds is 3. The molecule has 86 valence electrons. The largest absolute Gasteiger partial charge is 0.469 e. The van der Waals surface area contributed by atoms with Gasteiger partial charge in [-0.05, 0) is 41.9 Å². The van der Waals surface area contributed by atoms with Crippen LogP contribution in [0.3, 0.4) is 0 Å². The Morgan fingerprint density at radius 3 is 2.44 bits per heavy atom. The zero-order chi connectivity index (χ0) is 11.3. The maximum Gasteiger partial charge on any atom is 0.306 e. The number of ether oxygens (including phenoxy) is 1. The molecular formula is C12H15NO3. The quantitative estimate of drug-likeness (QED) is 0.697. The summed E-state index contributed by atoms with van der Waals surface area (Å²) in [4.78, 5) is 22.9. The van der Waals surface area contributed by atoms with Gasteiger partial charge in [-0.3, -0.25) is 9.59 Å². The Bertz CT molecular complexity index is 416. The average molecular weight is 221 g/mol. The van der Waals surface area contributed by atoms with Crippen LogP contribution in [0, 0.1) is 34.5 Å². The van der Waals surface area contributed by atoms with Crippen LogP contribution in [-0.4, -0.2) is 19.0 Å². The van der Waals surface area contributed by atoms with Crippen molar-refractivity contribution in [2.45, 2.75) is 19.3 Å². The van der Waals surface area contributed by atoms with E-state index in [0.29, 0.717) is 30.1 Å². The molecule has 0 bridgehead atoms. The van der Waals surface area contributed by atoms with Crippen molar-refractivity contribution in [1.29, 1.82) is 0 Å². The molecule has 0 aliphatic heterocycles. The van der Waals surface area contributed by atoms with Gasteiger partial charge in [-0.25, -0.2) is 0 Å². The number of hydrogen-bond acceptors (Lipinski definition) is 3. The number of nitrogens with two attached hydrogens (primary N) is 1. The molecule has 4 aliphatic carbocycles. The van der Waals surface area contributed by atoms with Crippen molar-refractivity contribution in [3.63, 3.8) is 0 Å². The number of hydrogen-bond donors (Lipinski definition) is 1. The highest BCUT2D eigenvalue weighted by Gasteiger charge is 2.93. The van der Waals surface area contributed by atoms with E-state index in [1.54, 1.807) is 0 Å². The summed E-state index contributed by atoms with van der Waals surface area (Å²) in [5.74, 6) is 2.01. The third-order valence-electron chi connectivity index (χ3n) is 6.23. The van der Waals surface area contributed by atoms with E-state index in [-0.39, 0.29) is 22.7 Å². The van der Waals surface area contributed by atoms with Crippen molar-refractivity contribution in [3.8, 4) is 0 Å². The number of esters is 1. The molecule has 6 unspecified atom stereocenters. The van der Waals surface area contributed by atoms with E-state index >= 15 is 0 Å². The van der Waals surface area contributed by atoms with Gasteiger partial charge in [0.2, 0.25) is 5.91 Å². The lowest BCUT2D eigenvalue weighted by molar-refractivity contribution is -0.459. The molecule has 4 rings (SSSR count). The summed E-state index contributed by atoms with van der Waals surface area (Å²) in [5.41, 5.74) is 5.57. The summed E-state index contributed by atoms with van der Waals surface area (Å²) in [6, 6.07) is 0. The minimum atomic E-state index is -0.146. The zero-order valence-electron chi connectivity index (χ0n) is 9.23. The molecule has 16 heavy (non-hydrogen) atoms. The molecule has 4 nitrogen and oxygen atoms in total. The summed E-state index contributed by atoms with van der Waals surface area (Å²) in [6.45, 7) is 0. The van der Waals surface area contributed by atoms with Gasteiger partial charge in [0.15, 0.2) is 0 Å². The third kappa shape index (κ3) is 0.550. The topological polar surface area (TPSA) is 69.4 Å². The lowest BCUT2D eigenvalue weighted by Crippen LogP contribution is -2.93. The normalized spacial score (nSPS) is 58.1. The zero-order valence-corrected chi connectivity index (χ0v) is 9.23. The number of carbonyl (C=O) groups is 2. The van der Waals surface area contributed by atoms with Crippen LogP contribution in [-0.2, 0) is 14.3 Å². The van der Waals surface area contributed by atoms with E-state index < -0.39 is 0 Å². The molecule has 0 spiro atoms. The van der Waals surface area contributed by atoms with Crippen molar-refractivity contribution in [2.75, 3.05) is 7.11 Å². The van der Waals surface area contributed by atoms with Crippen LogP contribution in [0.15, 0.2) is 0 Å². The first-order chi connectivity index (χ1) is 7.58. The molecule has 4 heteroatoms. The predicted octanol–water partition coefficient (Wildman–Crippen LogP) is 0.307. The fraction of sp³-hybridized carbons (Fsp3) is 0.833. The molecule has 0 saturated heterocycles. The molecule has 0 radical (unpaired) electrons. The second kappa shape index (κ2) is 2.15. The number of methoxy groups -OCH3 is 1. The van der Waals surface area contributed by atoms with Crippen LogP contribution in [0.1, 0.15) is 19.3 Å². The molecule has 1 amide bonds. The molecule has 2 N–H and O–H groups in total. The van der Waals surface area contributed by atoms with Crippen molar-refractivity contribution in [3.05, 3.63) is 0 Å². The molecule has 4 aliphatic rings. The molecule has 0 aromatic rings. The van der Waals surface area contributed by atoms with Gasteiger partial charge in [-0.15, -0.1) is 0 Å². The Morgan fingerprint density at radius 1 is 1.31 bits per heavy atom. The maximum absolute atomic E-state index is 11.5. The van der Waals surface area contributed by atoms with E-state index in [4.69, 9.17) is 10.5 Å². The second-order valence-corrected chi connectivity index (χ2v) is 6.06. The predicted molar refractivity (Wildman–Crippen MR) is 53.9 cm³/mol. The number of primary amides is 1. The Balaban J connectivity index is 1.58. The van der Waals surface area contributed by atoms with Crippen LogP contribution >= 0.6 is 0 Å². The van der Waals surface area contributed by atoms with Crippen molar-refractivity contribution < 1.29 is 14.3 Å². The van der Waals surface area contributed by atoms with E-state index in [9.17, 15) is 9.59 Å². The first-order valence-electron chi connectivity index (χ1n) is 5.94. The lowest BCUT2D eigenvalue weighted by atomic mass is 9.09. The minimum Gasteiger partial charge on any atom is -0.469 e. The van der Waals surface area contributed by atoms with Gasteiger partial charge in [-0.2, -0.15) is 0 Å². The SMILES string of the molecule is COC(=O)CC12CC3C1C1C2CC31C(N)=O. The highest BCUT2D eigenvalue weighted by molar-refractivity contribution is 5.87. The first kappa shape index (κ1) is 9.02. The van der Waals surface area contributed by atoms with Crippen LogP contribution in [0.2, 0.25) is 0 Å². The molecule has 4 saturated carbocycles. The van der Waals surface area contributed by atoms with Crippen molar-refractivity contribution in [1.82, 2.24) is 0 Å². The van der Waals surface area contributed by atoms with Gasteiger partial charge in [0.25, 0.3) is 0 Å². The van der Waals surface area contributed by atoms with Gasteiger partial charge in [0.05, 0.1) is 18.9 Å². The number of amides is 1. The smallest absolute Gasteiger partial charge is 0.306 e. The summed E-state index contributed by atoms with van der Waals surface area (Å²) in [6.07, 6.45) is 2.52. The number of carbonyl (C=O) groups excluding carboxylic acids is 2. The van der Waals surface area contributed by atoms with Gasteiger partial charge >= 0.3 is 5.97 Å². The van der Waals surface area contributed by atoms with Gasteiger partial charge in [0, 0.05) is 0 Å². The highest BCUT2D eigenvalue weighted by Crippen LogP contribution is 2.95. The van der Waals surface area contributed by atoms with E-state index in [1.807, 2.05) is 0 Å². The molecule has 4 fully saturated rings. The summed E-state index contributed by atoms with van der Waals surface area (Å²) < 4.78 is 4.76. The van der Waals surface area contributed by atoms with Crippen LogP contribution in [0.5, 0.6) is 0 Å². The molecular weight excluding hydrogens is 206 g/mol. The highest BCUT2D eigenvalue weighted by atomic mass is 16.5. The van der Waals surface area contributed by atoms with Gasteiger partial charge in [-0.1, -0.05) is 0 Å². The minimum absolute atomic E-state index is 0.0960. The van der Waals surface area contributed by atoms with Crippen LogP contribution in [0.25, 0.3) is 0 Å². The Hall–Kier alpha value is -1.06. The Morgan fingerprint density at radius 2 is 2.06 bits per heavy atom. The van der Waals surface area contributed by atoms with E-state index in [1.165, 1.54) is 7.11 Å². The van der Waals surface area contributed by atoms with Gasteiger partial charge in [0.1, 0.15) is 0 Å². The van der Waals surface area contributed by atoms with Crippen molar-refractivity contribution >= 4 is 11.9 Å². The van der Waals surface area contributed by atoms with E-state index in [0.717, 1.165) is 12.8 Å². The van der Waals surface area contributed by atoms with Crippen molar-refractivity contribution in [2.24, 2.45) is 40.2 Å². The fourth-order valence-electron chi connectivity index (χ4n) is 5.65. The Kier molecular flexibility index (Phi) is 1.21. The maximum atomic E-state index is 11.5. The number of fused-ring (bicyclic) bond motifs is 2. The van der Waals surface area contributed by atoms with E-state index in [2.05, 4.69) is 0 Å². The summed E-state index contributed by atoms with van der Waals surface area (Å²) in [5, 5.41) is 0. The fourth-order valence-corrected chi connectivity index (χ4v) is 5.65. The second-order valence-electron chi connectivity index (χ2n) is 6.06. The standard InChI is InChI=1S/C12H15NO3/c1-16-7(14)4-11-2-6-8(11)9-5(11)3-12(6,9)10(13)15/h5-6,8-9H,2-4H2,1H3,(H2,13,15). The molecule has 0 heterocycles. The lowest BCUT2D eigenvalue weighted by Gasteiger charge is -2.94. The summed E-state index contributed by atoms with van der Waals surface area (Å²) in [7, 11) is 1.44. The van der Waals surface area contributed by atoms with Crippen LogP contribution < -0.4 is 5.73 Å². The molecule has 6 atom stereocenters.